The molecule has 2 aromatic rings. The van der Waals surface area contributed by atoms with Crippen LogP contribution in [0.5, 0.6) is 0 Å². The summed E-state index contributed by atoms with van der Waals surface area (Å²) in [4.78, 5) is 7.03. The maximum atomic E-state index is 5.65. The molecule has 1 aromatic carbocycles. The lowest BCUT2D eigenvalue weighted by atomic mass is 10.0. The van der Waals surface area contributed by atoms with E-state index < -0.39 is 0 Å². The Morgan fingerprint density at radius 3 is 2.70 bits per heavy atom. The van der Waals surface area contributed by atoms with Gasteiger partial charge < -0.3 is 10.3 Å². The van der Waals surface area contributed by atoms with Gasteiger partial charge in [-0.2, -0.15) is 0 Å². The predicted octanol–water partition coefficient (Wildman–Crippen LogP) is 1.99. The van der Waals surface area contributed by atoms with Gasteiger partial charge in [0.2, 0.25) is 0 Å². The van der Waals surface area contributed by atoms with Crippen LogP contribution < -0.4 is 5.73 Å². The summed E-state index contributed by atoms with van der Waals surface area (Å²) in [5, 5.41) is 0. The second-order valence-electron chi connectivity index (χ2n) is 5.13. The fourth-order valence-corrected chi connectivity index (χ4v) is 2.29. The van der Waals surface area contributed by atoms with Crippen molar-refractivity contribution in [1.82, 2.24) is 14.5 Å². The quantitative estimate of drug-likeness (QED) is 0.855. The van der Waals surface area contributed by atoms with Gasteiger partial charge in [0.1, 0.15) is 10.8 Å². The van der Waals surface area contributed by atoms with Gasteiger partial charge in [0, 0.05) is 31.5 Å². The molecule has 2 N–H and O–H groups in total. The van der Waals surface area contributed by atoms with E-state index in [1.165, 1.54) is 11.1 Å². The number of hydrogen-bond donors (Lipinski definition) is 1. The number of aryl methyl sites for hydroxylation is 2. The third-order valence-electron chi connectivity index (χ3n) is 3.40. The minimum Gasteiger partial charge on any atom is -0.389 e. The number of hydrogen-bond acceptors (Lipinski definition) is 3. The van der Waals surface area contributed by atoms with Crippen molar-refractivity contribution in [1.29, 1.82) is 0 Å². The highest BCUT2D eigenvalue weighted by atomic mass is 32.1. The smallest absolute Gasteiger partial charge is 0.122 e. The van der Waals surface area contributed by atoms with Crippen LogP contribution in [0, 0.1) is 6.92 Å². The van der Waals surface area contributed by atoms with Gasteiger partial charge >= 0.3 is 0 Å². The summed E-state index contributed by atoms with van der Waals surface area (Å²) in [6.07, 6.45) is 3.79. The van der Waals surface area contributed by atoms with E-state index in [-0.39, 0.29) is 0 Å². The lowest BCUT2D eigenvalue weighted by Gasteiger charge is -2.18. The molecule has 0 fully saturated rings. The normalized spacial score (nSPS) is 11.0. The van der Waals surface area contributed by atoms with Crippen LogP contribution in [-0.2, 0) is 20.1 Å². The van der Waals surface area contributed by atoms with Gasteiger partial charge in [-0.25, -0.2) is 4.98 Å². The fourth-order valence-electron chi connectivity index (χ4n) is 2.16. The van der Waals surface area contributed by atoms with E-state index in [2.05, 4.69) is 29.9 Å². The third-order valence-corrected chi connectivity index (χ3v) is 3.64. The molecule has 0 saturated carbocycles. The summed E-state index contributed by atoms with van der Waals surface area (Å²) in [7, 11) is 4.11. The predicted molar refractivity (Wildman–Crippen MR) is 85.4 cm³/mol. The highest BCUT2D eigenvalue weighted by Crippen LogP contribution is 2.14. The van der Waals surface area contributed by atoms with Crippen molar-refractivity contribution in [2.24, 2.45) is 12.8 Å². The van der Waals surface area contributed by atoms with Crippen molar-refractivity contribution < 1.29 is 0 Å². The molecule has 0 atom stereocenters. The van der Waals surface area contributed by atoms with E-state index in [0.717, 1.165) is 24.5 Å². The average molecular weight is 288 g/mol. The summed E-state index contributed by atoms with van der Waals surface area (Å²) < 4.78 is 2.04. The number of nitrogens with two attached hydrogens (primary N) is 1. The zero-order chi connectivity index (χ0) is 14.7. The fraction of sp³-hybridized carbons (Fsp3) is 0.333. The molecule has 0 unspecified atom stereocenters. The van der Waals surface area contributed by atoms with E-state index in [1.807, 2.05) is 36.1 Å². The molecule has 0 radical (unpaired) electrons. The molecular formula is C15H20N4S. The van der Waals surface area contributed by atoms with Crippen molar-refractivity contribution in [2.45, 2.75) is 20.0 Å². The van der Waals surface area contributed by atoms with Gasteiger partial charge in [0.15, 0.2) is 0 Å². The van der Waals surface area contributed by atoms with Crippen LogP contribution in [0.15, 0.2) is 30.6 Å². The summed E-state index contributed by atoms with van der Waals surface area (Å²) in [6.45, 7) is 3.78. The van der Waals surface area contributed by atoms with Crippen LogP contribution in [0.25, 0.3) is 0 Å². The third kappa shape index (κ3) is 3.43. The first kappa shape index (κ1) is 14.7. The van der Waals surface area contributed by atoms with Crippen molar-refractivity contribution in [3.8, 4) is 0 Å². The minimum atomic E-state index is 0.445. The minimum absolute atomic E-state index is 0.445. The second-order valence-corrected chi connectivity index (χ2v) is 5.57. The van der Waals surface area contributed by atoms with Crippen LogP contribution in [0.3, 0.4) is 0 Å². The highest BCUT2D eigenvalue weighted by molar-refractivity contribution is 7.80. The molecule has 1 aromatic heterocycles. The lowest BCUT2D eigenvalue weighted by molar-refractivity contribution is 0.306. The van der Waals surface area contributed by atoms with Crippen molar-refractivity contribution in [3.05, 3.63) is 53.1 Å². The average Bonchev–Trinajstić information content (AvgIpc) is 2.77. The van der Waals surface area contributed by atoms with Crippen LogP contribution in [0.4, 0.5) is 0 Å². The highest BCUT2D eigenvalue weighted by Gasteiger charge is 2.08. The molecule has 20 heavy (non-hydrogen) atoms. The molecule has 4 nitrogen and oxygen atoms in total. The van der Waals surface area contributed by atoms with Crippen LogP contribution >= 0.6 is 12.2 Å². The number of benzene rings is 1. The van der Waals surface area contributed by atoms with Crippen LogP contribution in [-0.4, -0.2) is 26.5 Å². The molecule has 5 heteroatoms. The standard InChI is InChI=1S/C15H20N4S/c1-11-8-12(15(16)20)4-5-13(11)9-18(2)10-14-17-6-7-19(14)3/h4-8H,9-10H2,1-3H3,(H2,16,20). The number of thiocarbonyl (C=S) groups is 1. The molecule has 2 rings (SSSR count). The number of imidazole rings is 1. The Bertz CT molecular complexity index is 618. The van der Waals surface area contributed by atoms with Gasteiger partial charge in [-0.3, -0.25) is 4.90 Å². The van der Waals surface area contributed by atoms with Gasteiger partial charge in [0.25, 0.3) is 0 Å². The maximum Gasteiger partial charge on any atom is 0.122 e. The van der Waals surface area contributed by atoms with E-state index in [9.17, 15) is 0 Å². The molecular weight excluding hydrogens is 268 g/mol. The van der Waals surface area contributed by atoms with E-state index in [1.54, 1.807) is 0 Å². The van der Waals surface area contributed by atoms with Crippen molar-refractivity contribution >= 4 is 17.2 Å². The zero-order valence-corrected chi connectivity index (χ0v) is 12.9. The Morgan fingerprint density at radius 1 is 1.40 bits per heavy atom. The zero-order valence-electron chi connectivity index (χ0n) is 12.1. The van der Waals surface area contributed by atoms with E-state index >= 15 is 0 Å². The van der Waals surface area contributed by atoms with E-state index in [4.69, 9.17) is 18.0 Å². The first-order chi connectivity index (χ1) is 9.47. The molecule has 1 heterocycles. The molecule has 0 spiro atoms. The molecule has 0 saturated heterocycles. The summed E-state index contributed by atoms with van der Waals surface area (Å²) in [5.41, 5.74) is 9.06. The van der Waals surface area contributed by atoms with Gasteiger partial charge in [-0.05, 0) is 31.2 Å². The van der Waals surface area contributed by atoms with Gasteiger partial charge in [-0.15, -0.1) is 0 Å². The molecule has 0 aliphatic rings. The Hall–Kier alpha value is -1.72. The topological polar surface area (TPSA) is 47.1 Å². The SMILES string of the molecule is Cc1cc(C(N)=S)ccc1CN(C)Cc1nccn1C. The first-order valence-corrected chi connectivity index (χ1v) is 6.92. The monoisotopic (exact) mass is 288 g/mol. The van der Waals surface area contributed by atoms with Gasteiger partial charge in [0.05, 0.1) is 6.54 Å². The second kappa shape index (κ2) is 6.15. The Balaban J connectivity index is 2.06. The first-order valence-electron chi connectivity index (χ1n) is 6.51. The molecule has 0 amide bonds. The Labute approximate surface area is 125 Å². The van der Waals surface area contributed by atoms with Crippen molar-refractivity contribution in [2.75, 3.05) is 7.05 Å². The Morgan fingerprint density at radius 2 is 2.15 bits per heavy atom. The number of nitrogens with zero attached hydrogens (tertiary/aromatic N) is 3. The molecule has 0 aliphatic heterocycles. The number of aromatic nitrogens is 2. The summed E-state index contributed by atoms with van der Waals surface area (Å²) in [6, 6.07) is 6.13. The largest absolute Gasteiger partial charge is 0.389 e. The van der Waals surface area contributed by atoms with Crippen molar-refractivity contribution in [3.63, 3.8) is 0 Å². The molecule has 0 aliphatic carbocycles. The summed E-state index contributed by atoms with van der Waals surface area (Å²) >= 11 is 5.00. The lowest BCUT2D eigenvalue weighted by Crippen LogP contribution is -2.20. The number of rotatable bonds is 5. The van der Waals surface area contributed by atoms with Gasteiger partial charge in [-0.1, -0.05) is 24.4 Å². The Kier molecular flexibility index (Phi) is 4.52. The molecule has 0 bridgehead atoms. The molecule has 106 valence electrons. The van der Waals surface area contributed by atoms with Crippen LogP contribution in [0.1, 0.15) is 22.5 Å². The maximum absolute atomic E-state index is 5.65. The summed E-state index contributed by atoms with van der Waals surface area (Å²) in [5.74, 6) is 1.06. The van der Waals surface area contributed by atoms with E-state index in [0.29, 0.717) is 4.99 Å². The van der Waals surface area contributed by atoms with Crippen LogP contribution in [0.2, 0.25) is 0 Å².